The highest BCUT2D eigenvalue weighted by atomic mass is 15.0. The van der Waals surface area contributed by atoms with Gasteiger partial charge in [-0.1, -0.05) is 32.9 Å². The minimum absolute atomic E-state index is 0.505. The van der Waals surface area contributed by atoms with Gasteiger partial charge >= 0.3 is 0 Å². The van der Waals surface area contributed by atoms with Crippen LogP contribution in [0.25, 0.3) is 27.9 Å². The number of hydrogen-bond donors (Lipinski definition) is 0. The second-order valence-electron chi connectivity index (χ2n) is 7.95. The van der Waals surface area contributed by atoms with E-state index in [-0.39, 0.29) is 0 Å². The van der Waals surface area contributed by atoms with Crippen molar-refractivity contribution in [3.05, 3.63) is 66.0 Å². The largest absolute Gasteiger partial charge is 0.299 e. The van der Waals surface area contributed by atoms with Crippen LogP contribution in [0.1, 0.15) is 34.6 Å². The fraction of sp³-hybridized carbons (Fsp3) is 0.304. The van der Waals surface area contributed by atoms with Crippen molar-refractivity contribution in [1.29, 1.82) is 0 Å². The summed E-state index contributed by atoms with van der Waals surface area (Å²) in [6, 6.07) is 14.0. The van der Waals surface area contributed by atoms with Crippen LogP contribution in [0.15, 0.2) is 54.9 Å². The van der Waals surface area contributed by atoms with Gasteiger partial charge in [-0.05, 0) is 48.0 Å². The van der Waals surface area contributed by atoms with Gasteiger partial charge in [-0.2, -0.15) is 0 Å². The Morgan fingerprint density at radius 1 is 1.15 bits per heavy atom. The molecular formula is C23H26N3+. The Morgan fingerprint density at radius 3 is 2.73 bits per heavy atom. The maximum Gasteiger partial charge on any atom is 0.215 e. The summed E-state index contributed by atoms with van der Waals surface area (Å²) in [4.78, 5) is 4.76. The molecule has 4 rings (SSSR count). The molecule has 0 aliphatic rings. The van der Waals surface area contributed by atoms with E-state index in [1.165, 1.54) is 0 Å². The smallest absolute Gasteiger partial charge is 0.215 e. The van der Waals surface area contributed by atoms with E-state index >= 15 is 0 Å². The van der Waals surface area contributed by atoms with E-state index in [9.17, 15) is 0 Å². The van der Waals surface area contributed by atoms with Crippen LogP contribution in [-0.2, 0) is 13.4 Å². The molecule has 0 radical (unpaired) electrons. The van der Waals surface area contributed by atoms with Crippen molar-refractivity contribution < 1.29 is 7.31 Å². The standard InChI is InChI=1S/C23H26N3/c1-16-9-10-18-22(26-12-7-6-8-20(26)24-18)21(16)19-14-17(11-13-25(19)5)15-23(2,3)4/h6-14H,15H2,1-5H3/q+1/i15D2. The van der Waals surface area contributed by atoms with Crippen molar-refractivity contribution in [2.75, 3.05) is 0 Å². The summed E-state index contributed by atoms with van der Waals surface area (Å²) in [5.41, 5.74) is 6.31. The number of nitrogens with zero attached hydrogens (tertiary/aromatic N) is 3. The van der Waals surface area contributed by atoms with E-state index in [0.29, 0.717) is 5.56 Å². The maximum absolute atomic E-state index is 8.71. The average Bonchev–Trinajstić information content (AvgIpc) is 3.00. The van der Waals surface area contributed by atoms with Gasteiger partial charge in [0.2, 0.25) is 5.69 Å². The van der Waals surface area contributed by atoms with Gasteiger partial charge in [0.1, 0.15) is 12.7 Å². The molecule has 0 amide bonds. The number of imidazole rings is 1. The Morgan fingerprint density at radius 2 is 1.96 bits per heavy atom. The first-order valence-electron chi connectivity index (χ1n) is 9.98. The van der Waals surface area contributed by atoms with Gasteiger partial charge < -0.3 is 0 Å². The van der Waals surface area contributed by atoms with E-state index in [1.807, 2.05) is 70.5 Å². The molecule has 0 spiro atoms. The summed E-state index contributed by atoms with van der Waals surface area (Å²) >= 11 is 0. The van der Waals surface area contributed by atoms with Gasteiger partial charge in [0, 0.05) is 21.1 Å². The molecule has 3 aromatic heterocycles. The Hall–Kier alpha value is -2.68. The number of benzene rings is 1. The van der Waals surface area contributed by atoms with Crippen LogP contribution in [0, 0.1) is 12.3 Å². The number of hydrogen-bond acceptors (Lipinski definition) is 1. The fourth-order valence-corrected chi connectivity index (χ4v) is 3.51. The second kappa shape index (κ2) is 5.94. The summed E-state index contributed by atoms with van der Waals surface area (Å²) in [6.07, 6.45) is 2.54. The van der Waals surface area contributed by atoms with Crippen molar-refractivity contribution in [2.24, 2.45) is 12.5 Å². The molecule has 0 aliphatic heterocycles. The van der Waals surface area contributed by atoms with Crippen LogP contribution in [0.2, 0.25) is 0 Å². The van der Waals surface area contributed by atoms with Gasteiger partial charge in [0.15, 0.2) is 6.20 Å². The topological polar surface area (TPSA) is 21.2 Å². The molecule has 1 aromatic carbocycles. The zero-order valence-electron chi connectivity index (χ0n) is 18.0. The van der Waals surface area contributed by atoms with Crippen molar-refractivity contribution in [1.82, 2.24) is 9.38 Å². The third-order valence-electron chi connectivity index (χ3n) is 4.60. The molecule has 0 fully saturated rings. The quantitative estimate of drug-likeness (QED) is 0.474. The third kappa shape index (κ3) is 2.88. The lowest BCUT2D eigenvalue weighted by Gasteiger charge is -2.18. The van der Waals surface area contributed by atoms with E-state index in [4.69, 9.17) is 7.73 Å². The summed E-state index contributed by atoms with van der Waals surface area (Å²) < 4.78 is 21.6. The SMILES string of the molecule is [2H]C([2H])(c1cc[n+](C)c(-c2c(C)ccc3nc4ccccn4c23)c1)C(C)(C)C. The molecule has 132 valence electrons. The number of fused-ring (bicyclic) bond motifs is 3. The number of rotatable bonds is 2. The molecule has 0 saturated heterocycles. The molecule has 0 aliphatic carbocycles. The Labute approximate surface area is 157 Å². The van der Waals surface area contributed by atoms with Crippen LogP contribution in [0.3, 0.4) is 0 Å². The second-order valence-corrected chi connectivity index (χ2v) is 7.95. The lowest BCUT2D eigenvalue weighted by molar-refractivity contribution is -0.660. The zero-order chi connectivity index (χ0) is 20.3. The summed E-state index contributed by atoms with van der Waals surface area (Å²) in [7, 11) is 2.01. The van der Waals surface area contributed by atoms with Crippen LogP contribution >= 0.6 is 0 Å². The zero-order valence-corrected chi connectivity index (χ0v) is 16.0. The third-order valence-corrected chi connectivity index (χ3v) is 4.60. The molecule has 0 unspecified atom stereocenters. The van der Waals surface area contributed by atoms with Crippen molar-refractivity contribution in [2.45, 2.75) is 34.1 Å². The molecule has 0 bridgehead atoms. The first-order valence-corrected chi connectivity index (χ1v) is 8.98. The summed E-state index contributed by atoms with van der Waals surface area (Å²) in [5.74, 6) is 0. The van der Waals surface area contributed by atoms with E-state index < -0.39 is 11.8 Å². The van der Waals surface area contributed by atoms with Crippen LogP contribution < -0.4 is 4.57 Å². The normalized spacial score (nSPS) is 13.9. The monoisotopic (exact) mass is 346 g/mol. The Balaban J connectivity index is 2.06. The van der Waals surface area contributed by atoms with E-state index in [0.717, 1.165) is 33.5 Å². The maximum atomic E-state index is 8.71. The highest BCUT2D eigenvalue weighted by Crippen LogP contribution is 2.32. The van der Waals surface area contributed by atoms with Gasteiger partial charge in [0.25, 0.3) is 0 Å². The van der Waals surface area contributed by atoms with Gasteiger partial charge in [-0.3, -0.25) is 4.40 Å². The predicted molar refractivity (Wildman–Crippen MR) is 107 cm³/mol. The summed E-state index contributed by atoms with van der Waals surface area (Å²) in [6.45, 7) is 7.92. The molecule has 3 heterocycles. The van der Waals surface area contributed by atoms with E-state index in [1.54, 1.807) is 0 Å². The molecular weight excluding hydrogens is 318 g/mol. The minimum Gasteiger partial charge on any atom is -0.299 e. The highest BCUT2D eigenvalue weighted by Gasteiger charge is 2.21. The fourth-order valence-electron chi connectivity index (χ4n) is 3.51. The highest BCUT2D eigenvalue weighted by molar-refractivity contribution is 5.95. The summed E-state index contributed by atoms with van der Waals surface area (Å²) in [5, 5.41) is 0. The van der Waals surface area contributed by atoms with Gasteiger partial charge in [0.05, 0.1) is 16.6 Å². The first-order chi connectivity index (χ1) is 13.1. The predicted octanol–water partition coefficient (Wildman–Crippen LogP) is 4.88. The van der Waals surface area contributed by atoms with Crippen molar-refractivity contribution >= 4 is 16.7 Å². The lowest BCUT2D eigenvalue weighted by atomic mass is 9.88. The van der Waals surface area contributed by atoms with Gasteiger partial charge in [-0.15, -0.1) is 0 Å². The molecule has 3 heteroatoms. The van der Waals surface area contributed by atoms with Gasteiger partial charge in [-0.25, -0.2) is 9.55 Å². The first kappa shape index (κ1) is 14.5. The molecule has 0 saturated carbocycles. The van der Waals surface area contributed by atoms with Crippen LogP contribution in [0.4, 0.5) is 0 Å². The number of pyridine rings is 2. The molecule has 26 heavy (non-hydrogen) atoms. The van der Waals surface area contributed by atoms with Crippen LogP contribution in [-0.4, -0.2) is 9.38 Å². The Bertz CT molecular complexity index is 1200. The number of aryl methyl sites for hydroxylation is 2. The molecule has 0 N–H and O–H groups in total. The van der Waals surface area contributed by atoms with Crippen molar-refractivity contribution in [3.63, 3.8) is 0 Å². The number of aromatic nitrogens is 3. The lowest BCUT2D eigenvalue weighted by Crippen LogP contribution is -2.31. The van der Waals surface area contributed by atoms with Crippen LogP contribution in [0.5, 0.6) is 0 Å². The molecule has 0 atom stereocenters. The van der Waals surface area contributed by atoms with Crippen molar-refractivity contribution in [3.8, 4) is 11.3 Å². The molecule has 4 aromatic rings. The average molecular weight is 346 g/mol. The minimum atomic E-state index is -1.45. The molecule has 3 nitrogen and oxygen atoms in total. The van der Waals surface area contributed by atoms with E-state index in [2.05, 4.69) is 28.0 Å². The Kier molecular flexibility index (Phi) is 3.31.